The molecule has 140 valence electrons. The van der Waals surface area contributed by atoms with E-state index in [1.165, 1.54) is 43.2 Å². The molecule has 26 heavy (non-hydrogen) atoms. The lowest BCUT2D eigenvalue weighted by atomic mass is 9.86. The van der Waals surface area contributed by atoms with E-state index in [1.54, 1.807) is 0 Å². The van der Waals surface area contributed by atoms with Gasteiger partial charge in [-0.15, -0.1) is 0 Å². The molecule has 0 spiro atoms. The van der Waals surface area contributed by atoms with Crippen LogP contribution in [0.4, 0.5) is 0 Å². The van der Waals surface area contributed by atoms with Gasteiger partial charge in [0, 0.05) is 13.1 Å². The summed E-state index contributed by atoms with van der Waals surface area (Å²) in [5.41, 5.74) is 3.11. The Kier molecular flexibility index (Phi) is 6.87. The summed E-state index contributed by atoms with van der Waals surface area (Å²) in [5, 5.41) is 0. The Morgan fingerprint density at radius 1 is 0.654 bits per heavy atom. The topological polar surface area (TPSA) is 6.48 Å². The Morgan fingerprint density at radius 2 is 1.08 bits per heavy atom. The van der Waals surface area contributed by atoms with E-state index >= 15 is 0 Å². The maximum Gasteiger partial charge on any atom is 0.0732 e. The fourth-order valence-corrected chi connectivity index (χ4v) is 4.47. The SMILES string of the molecule is CN(CCc1ccccc1)C1(N(C)CCc2ccccc2)CCCCC1. The largest absolute Gasteiger partial charge is 0.288 e. The van der Waals surface area contributed by atoms with Crippen LogP contribution in [0.2, 0.25) is 0 Å². The van der Waals surface area contributed by atoms with E-state index in [4.69, 9.17) is 0 Å². The molecule has 0 amide bonds. The molecule has 0 saturated heterocycles. The molecule has 1 aliphatic rings. The average molecular weight is 351 g/mol. The second kappa shape index (κ2) is 9.34. The van der Waals surface area contributed by atoms with Gasteiger partial charge in [-0.3, -0.25) is 9.80 Å². The molecule has 0 heterocycles. The number of nitrogens with zero attached hydrogens (tertiary/aromatic N) is 2. The zero-order chi connectivity index (χ0) is 18.2. The van der Waals surface area contributed by atoms with Crippen LogP contribution in [0.1, 0.15) is 43.2 Å². The molecule has 2 heteroatoms. The molecule has 2 nitrogen and oxygen atoms in total. The predicted octanol–water partition coefficient (Wildman–Crippen LogP) is 5.00. The molecule has 0 unspecified atom stereocenters. The highest BCUT2D eigenvalue weighted by Gasteiger charge is 2.39. The molecule has 0 atom stereocenters. The maximum atomic E-state index is 2.64. The third-order valence-corrected chi connectivity index (χ3v) is 6.23. The minimum atomic E-state index is 0.224. The molecular weight excluding hydrogens is 316 g/mol. The van der Waals surface area contributed by atoms with Crippen LogP contribution in [-0.2, 0) is 12.8 Å². The lowest BCUT2D eigenvalue weighted by Crippen LogP contribution is -2.59. The highest BCUT2D eigenvalue weighted by molar-refractivity contribution is 5.16. The molecule has 1 aliphatic carbocycles. The summed E-state index contributed by atoms with van der Waals surface area (Å²) in [6.45, 7) is 2.25. The highest BCUT2D eigenvalue weighted by Crippen LogP contribution is 2.35. The van der Waals surface area contributed by atoms with Crippen molar-refractivity contribution < 1.29 is 0 Å². The monoisotopic (exact) mass is 350 g/mol. The molecule has 0 N–H and O–H groups in total. The van der Waals surface area contributed by atoms with Crippen molar-refractivity contribution in [2.24, 2.45) is 0 Å². The number of hydrogen-bond acceptors (Lipinski definition) is 2. The molecule has 0 aromatic heterocycles. The molecule has 2 aromatic rings. The van der Waals surface area contributed by atoms with Crippen molar-refractivity contribution in [3.63, 3.8) is 0 Å². The Balaban J connectivity index is 1.64. The zero-order valence-corrected chi connectivity index (χ0v) is 16.5. The van der Waals surface area contributed by atoms with Gasteiger partial charge in [0.2, 0.25) is 0 Å². The third kappa shape index (κ3) is 4.75. The van der Waals surface area contributed by atoms with Gasteiger partial charge in [-0.05, 0) is 50.9 Å². The summed E-state index contributed by atoms with van der Waals surface area (Å²) in [7, 11) is 4.68. The third-order valence-electron chi connectivity index (χ3n) is 6.23. The summed E-state index contributed by atoms with van der Waals surface area (Å²) >= 11 is 0. The molecule has 2 aromatic carbocycles. The first kappa shape index (κ1) is 19.1. The van der Waals surface area contributed by atoms with Gasteiger partial charge in [0.1, 0.15) is 0 Å². The van der Waals surface area contributed by atoms with Crippen molar-refractivity contribution in [1.82, 2.24) is 9.80 Å². The van der Waals surface area contributed by atoms with Crippen LogP contribution in [0.3, 0.4) is 0 Å². The van der Waals surface area contributed by atoms with Gasteiger partial charge in [0.25, 0.3) is 0 Å². The number of benzene rings is 2. The van der Waals surface area contributed by atoms with E-state index in [2.05, 4.69) is 84.6 Å². The van der Waals surface area contributed by atoms with Gasteiger partial charge in [-0.1, -0.05) is 79.9 Å². The van der Waals surface area contributed by atoms with E-state index < -0.39 is 0 Å². The molecule has 0 radical (unpaired) electrons. The number of likely N-dealkylation sites (N-methyl/N-ethyl adjacent to an activating group) is 2. The van der Waals surface area contributed by atoms with Crippen molar-refractivity contribution in [1.29, 1.82) is 0 Å². The van der Waals surface area contributed by atoms with Gasteiger partial charge in [0.05, 0.1) is 5.66 Å². The van der Waals surface area contributed by atoms with Crippen molar-refractivity contribution in [3.05, 3.63) is 71.8 Å². The first-order valence-corrected chi connectivity index (χ1v) is 10.2. The second-order valence-corrected chi connectivity index (χ2v) is 7.86. The summed E-state index contributed by atoms with van der Waals surface area (Å²) in [5.74, 6) is 0. The van der Waals surface area contributed by atoms with Crippen molar-refractivity contribution in [2.75, 3.05) is 27.2 Å². The van der Waals surface area contributed by atoms with E-state index in [1.807, 2.05) is 0 Å². The van der Waals surface area contributed by atoms with Gasteiger partial charge in [-0.2, -0.15) is 0 Å². The van der Waals surface area contributed by atoms with Gasteiger partial charge >= 0.3 is 0 Å². The quantitative estimate of drug-likeness (QED) is 0.619. The van der Waals surface area contributed by atoms with E-state index in [0.717, 1.165) is 25.9 Å². The first-order chi connectivity index (χ1) is 12.7. The summed E-state index contributed by atoms with van der Waals surface area (Å²) in [6, 6.07) is 21.8. The minimum Gasteiger partial charge on any atom is -0.288 e. The summed E-state index contributed by atoms with van der Waals surface area (Å²) < 4.78 is 0. The normalized spacial score (nSPS) is 16.9. The van der Waals surface area contributed by atoms with Gasteiger partial charge in [-0.25, -0.2) is 0 Å². The second-order valence-electron chi connectivity index (χ2n) is 7.86. The highest BCUT2D eigenvalue weighted by atomic mass is 15.4. The van der Waals surface area contributed by atoms with Crippen LogP contribution < -0.4 is 0 Å². The molecule has 0 bridgehead atoms. The van der Waals surface area contributed by atoms with E-state index in [0.29, 0.717) is 0 Å². The fraction of sp³-hybridized carbons (Fsp3) is 0.500. The van der Waals surface area contributed by atoms with Gasteiger partial charge < -0.3 is 0 Å². The maximum absolute atomic E-state index is 2.64. The lowest BCUT2D eigenvalue weighted by molar-refractivity contribution is -0.0567. The Morgan fingerprint density at radius 3 is 1.50 bits per heavy atom. The number of hydrogen-bond donors (Lipinski definition) is 0. The van der Waals surface area contributed by atoms with Crippen molar-refractivity contribution >= 4 is 0 Å². The standard InChI is InChI=1S/C24H34N2/c1-25(20-16-22-12-6-3-7-13-22)24(18-10-5-11-19-24)26(2)21-17-23-14-8-4-9-15-23/h3-4,6-9,12-15H,5,10-11,16-21H2,1-2H3. The van der Waals surface area contributed by atoms with Crippen molar-refractivity contribution in [3.8, 4) is 0 Å². The minimum absolute atomic E-state index is 0.224. The predicted molar refractivity (Wildman–Crippen MR) is 111 cm³/mol. The molecule has 1 saturated carbocycles. The first-order valence-electron chi connectivity index (χ1n) is 10.2. The Bertz CT molecular complexity index is 580. The lowest BCUT2D eigenvalue weighted by Gasteiger charge is -2.51. The van der Waals surface area contributed by atoms with E-state index in [-0.39, 0.29) is 5.66 Å². The summed E-state index contributed by atoms with van der Waals surface area (Å²) in [6.07, 6.45) is 8.95. The Hall–Kier alpha value is -1.64. The van der Waals surface area contributed by atoms with Crippen LogP contribution >= 0.6 is 0 Å². The molecular formula is C24H34N2. The van der Waals surface area contributed by atoms with Crippen LogP contribution in [0.5, 0.6) is 0 Å². The summed E-state index contributed by atoms with van der Waals surface area (Å²) in [4.78, 5) is 5.29. The van der Waals surface area contributed by atoms with Crippen LogP contribution in [0, 0.1) is 0 Å². The molecule has 3 rings (SSSR count). The molecule has 0 aliphatic heterocycles. The number of rotatable bonds is 8. The average Bonchev–Trinajstić information content (AvgIpc) is 2.72. The smallest absolute Gasteiger partial charge is 0.0732 e. The van der Waals surface area contributed by atoms with Crippen molar-refractivity contribution in [2.45, 2.75) is 50.6 Å². The van der Waals surface area contributed by atoms with Crippen LogP contribution in [-0.4, -0.2) is 42.6 Å². The van der Waals surface area contributed by atoms with Crippen LogP contribution in [0.15, 0.2) is 60.7 Å². The zero-order valence-electron chi connectivity index (χ0n) is 16.5. The Labute approximate surface area is 159 Å². The van der Waals surface area contributed by atoms with Gasteiger partial charge in [0.15, 0.2) is 0 Å². The molecule has 1 fully saturated rings. The van der Waals surface area contributed by atoms with E-state index in [9.17, 15) is 0 Å². The fourth-order valence-electron chi connectivity index (χ4n) is 4.47. The van der Waals surface area contributed by atoms with Crippen LogP contribution in [0.25, 0.3) is 0 Å².